The molecule has 6 aliphatic carbocycles. The summed E-state index contributed by atoms with van der Waals surface area (Å²) in [4.78, 5) is 72.5. The van der Waals surface area contributed by atoms with Gasteiger partial charge in [-0.1, -0.05) is 72.8 Å². The molecule has 4 aromatic heterocycles. The Hall–Kier alpha value is -15.4. The van der Waals surface area contributed by atoms with Gasteiger partial charge in [-0.15, -0.1) is 0 Å². The zero-order valence-corrected chi connectivity index (χ0v) is 80.3. The van der Waals surface area contributed by atoms with E-state index in [1.807, 2.05) is 206 Å². The lowest BCUT2D eigenvalue weighted by atomic mass is 10.0. The minimum absolute atomic E-state index is 0.00255. The molecule has 0 atom stereocenters. The highest BCUT2D eigenvalue weighted by Gasteiger charge is 2.47. The van der Waals surface area contributed by atoms with E-state index in [4.69, 9.17) is 49.4 Å². The summed E-state index contributed by atoms with van der Waals surface area (Å²) in [7, 11) is 18.2. The summed E-state index contributed by atoms with van der Waals surface area (Å²) < 4.78 is 47.0. The predicted octanol–water partition coefficient (Wildman–Crippen LogP) is 19.8. The van der Waals surface area contributed by atoms with E-state index in [9.17, 15) is 19.2 Å². The van der Waals surface area contributed by atoms with Gasteiger partial charge in [0.2, 0.25) is 0 Å². The largest absolute Gasteiger partial charge is 0.493 e. The van der Waals surface area contributed by atoms with Crippen LogP contribution >= 0.6 is 0 Å². The van der Waals surface area contributed by atoms with Crippen LogP contribution < -0.4 is 91.9 Å². The first-order valence-electron chi connectivity index (χ1n) is 47.5. The number of carbonyl (C=O) groups excluding carboxylic acids is 4. The van der Waals surface area contributed by atoms with Gasteiger partial charge in [0, 0.05) is 165 Å². The Morgan fingerprint density at radius 3 is 0.800 bits per heavy atom. The van der Waals surface area contributed by atoms with Crippen LogP contribution in [0.1, 0.15) is 118 Å². The van der Waals surface area contributed by atoms with Crippen LogP contribution in [0.5, 0.6) is 46.0 Å². The molecule has 22 rings (SSSR count). The number of rotatable bonds is 32. The summed E-state index contributed by atoms with van der Waals surface area (Å²) in [5.41, 5.74) is 25.4. The molecule has 0 spiro atoms. The van der Waals surface area contributed by atoms with Gasteiger partial charge < -0.3 is 102 Å². The summed E-state index contributed by atoms with van der Waals surface area (Å²) in [5.74, 6) is 5.11. The molecule has 6 aliphatic rings. The van der Waals surface area contributed by atoms with Crippen molar-refractivity contribution in [2.24, 2.45) is 11.5 Å². The predicted molar refractivity (Wildman–Crippen MR) is 555 cm³/mol. The Bertz CT molecular complexity index is 7460. The fourth-order valence-corrected chi connectivity index (χ4v) is 17.5. The fourth-order valence-electron chi connectivity index (χ4n) is 17.5. The smallest absolute Gasteiger partial charge is 0.252 e. The number of nitrogens with zero attached hydrogens (tertiary/aromatic N) is 6. The lowest BCUT2D eigenvalue weighted by molar-refractivity contribution is 0.0944. The van der Waals surface area contributed by atoms with Crippen molar-refractivity contribution in [1.82, 2.24) is 51.0 Å². The number of hydrogen-bond donors (Lipinski definition) is 10. The standard InChI is InChI=1S/C30H32N4O3.C28H28N4O3.C28H30N4O3.C26H26N4O3/c1-34(2)30(12-13-30)18-37-28-17-26-24(16-27(28)36-3)25(11-14-31-26)32-21-9-10-22-19(15-21)5-4-6-23(22)29(35)33-20-7-8-20;1-34-25-14-22-23(9-12-30-24(22)15-26(25)35-16-28(29)10-11-28)31-19-7-8-20-17(13-19)3-2-4-21(20)27(33)32-18-5-6-18;1-29-27(33)21-7-5-6-18-14-19(8-9-20(18)21)31-23-10-13-30-24-16-26(25(34-4)15-22(23)24)35-17-28(11-12-28)32(2)3;1-28-25(31)19-5-3-4-16-12-17(6-7-18(16)19)30-21-8-11-29-22-14-24(23(32-2)13-20(21)22)33-15-26(27)9-10-26/h4-6,9-11,14-17,20H,7-8,12-13,18H2,1-3H3,(H,31,32)(H,33,35);2-4,7-9,12-15,18H,5-6,10-11,16,29H2,1H3,(H,30,31)(H,32,33);5-10,13-16H,11-12,17H2,1-4H3,(H,29,33)(H,30,31);3-8,11-14H,9-10,15,27H2,1-2H3,(H,28,31)(H,29,30). The highest BCUT2D eigenvalue weighted by Crippen LogP contribution is 2.48. The molecule has 16 aromatic rings. The minimum Gasteiger partial charge on any atom is -0.493 e. The van der Waals surface area contributed by atoms with Crippen LogP contribution in [0, 0.1) is 0 Å². The number of hydrogen-bond acceptors (Lipinski definition) is 24. The quantitative estimate of drug-likeness (QED) is 0.0187. The van der Waals surface area contributed by atoms with Crippen molar-refractivity contribution >= 4 is 156 Å². The van der Waals surface area contributed by atoms with Crippen LogP contribution in [0.25, 0.3) is 86.7 Å². The molecule has 0 saturated heterocycles. The summed E-state index contributed by atoms with van der Waals surface area (Å²) in [6, 6.07) is 71.1. The second-order valence-electron chi connectivity index (χ2n) is 37.8. The molecule has 0 bridgehead atoms. The summed E-state index contributed by atoms with van der Waals surface area (Å²) in [6.07, 6.45) is 19.9. The van der Waals surface area contributed by atoms with E-state index in [0.29, 0.717) is 107 Å². The molecule has 28 heteroatoms. The molecule has 716 valence electrons. The van der Waals surface area contributed by atoms with E-state index in [0.717, 1.165) is 209 Å². The number of nitrogens with two attached hydrogens (primary N) is 2. The lowest BCUT2D eigenvalue weighted by Crippen LogP contribution is -2.35. The maximum Gasteiger partial charge on any atom is 0.252 e. The van der Waals surface area contributed by atoms with Crippen LogP contribution in [0.15, 0.2) is 243 Å². The Labute approximate surface area is 811 Å². The molecule has 4 heterocycles. The number of fused-ring (bicyclic) bond motifs is 8. The molecule has 28 nitrogen and oxygen atoms in total. The molecule has 0 radical (unpaired) electrons. The zero-order chi connectivity index (χ0) is 97.1. The van der Waals surface area contributed by atoms with E-state index in [1.165, 1.54) is 0 Å². The zero-order valence-electron chi connectivity index (χ0n) is 80.3. The topological polar surface area (TPSA) is 348 Å². The summed E-state index contributed by atoms with van der Waals surface area (Å²) in [6.45, 7) is 2.17. The number of ether oxygens (including phenoxy) is 8. The molecule has 6 saturated carbocycles. The first-order valence-corrected chi connectivity index (χ1v) is 47.5. The van der Waals surface area contributed by atoms with Crippen molar-refractivity contribution in [2.75, 3.05) is 118 Å². The third-order valence-electron chi connectivity index (χ3n) is 27.4. The molecular formula is C112H116N16O12. The number of carbonyl (C=O) groups is 4. The number of likely N-dealkylation sites (N-methyl/N-ethyl adjacent to an activating group) is 2. The van der Waals surface area contributed by atoms with Gasteiger partial charge in [0.05, 0.1) is 72.7 Å². The van der Waals surface area contributed by atoms with Crippen molar-refractivity contribution < 1.29 is 57.1 Å². The summed E-state index contributed by atoms with van der Waals surface area (Å²) in [5, 5.41) is 37.0. The number of nitrogens with one attached hydrogen (secondary N) is 8. The Morgan fingerprint density at radius 1 is 0.314 bits per heavy atom. The Morgan fingerprint density at radius 2 is 0.571 bits per heavy atom. The molecule has 6 fully saturated rings. The van der Waals surface area contributed by atoms with Gasteiger partial charge >= 0.3 is 0 Å². The van der Waals surface area contributed by atoms with Crippen molar-refractivity contribution in [1.29, 1.82) is 0 Å². The van der Waals surface area contributed by atoms with Crippen LogP contribution in [0.2, 0.25) is 0 Å². The van der Waals surface area contributed by atoms with Gasteiger partial charge in [-0.3, -0.25) is 39.1 Å². The van der Waals surface area contributed by atoms with E-state index in [1.54, 1.807) is 67.3 Å². The number of methoxy groups -OCH3 is 4. The average Bonchev–Trinajstić information content (AvgIpc) is 1.69. The molecule has 12 N–H and O–H groups in total. The molecule has 0 unspecified atom stereocenters. The SMILES string of the molecule is CNC(=O)c1cccc2cc(Nc3ccnc4cc(OCC5(N(C)C)CC5)c(OC)cc34)ccc12.CNC(=O)c1cccc2cc(Nc3ccnc4cc(OCC5(N)CC5)c(OC)cc34)ccc12.COc1cc2c(Nc3ccc4c(C(=O)NC5CC5)cccc4c3)ccnc2cc1OCC1(N(C)C)CC1.COc1cc2c(Nc3ccc4c(C(=O)NC5CC5)cccc4c3)ccnc2cc1OCC1(N)CC1. The van der Waals surface area contributed by atoms with Gasteiger partial charge in [-0.25, -0.2) is 0 Å². The fraction of sp³-hybridized carbons (Fsp3) is 0.286. The molecular weight excluding hydrogens is 1760 g/mol. The number of aromatic nitrogens is 4. The van der Waals surface area contributed by atoms with Crippen molar-refractivity contribution in [2.45, 2.75) is 111 Å². The normalized spacial score (nSPS) is 15.2. The second kappa shape index (κ2) is 39.6. The van der Waals surface area contributed by atoms with Crippen LogP contribution in [0.4, 0.5) is 45.5 Å². The van der Waals surface area contributed by atoms with E-state index >= 15 is 0 Å². The maximum atomic E-state index is 12.7. The number of anilines is 8. The van der Waals surface area contributed by atoms with Gasteiger partial charge in [0.15, 0.2) is 46.0 Å². The van der Waals surface area contributed by atoms with E-state index in [-0.39, 0.29) is 45.8 Å². The van der Waals surface area contributed by atoms with Gasteiger partial charge in [-0.05, 0) is 270 Å². The average molecular weight is 1880 g/mol. The minimum atomic E-state index is -0.218. The number of benzene rings is 12. The highest BCUT2D eigenvalue weighted by atomic mass is 16.5. The molecule has 140 heavy (non-hydrogen) atoms. The molecule has 12 aromatic carbocycles. The monoisotopic (exact) mass is 1880 g/mol. The van der Waals surface area contributed by atoms with E-state index in [2.05, 4.69) is 113 Å². The van der Waals surface area contributed by atoms with Gasteiger partial charge in [0.1, 0.15) is 26.4 Å². The van der Waals surface area contributed by atoms with Gasteiger partial charge in [-0.2, -0.15) is 0 Å². The maximum absolute atomic E-state index is 12.7. The Balaban J connectivity index is 0.000000119. The molecule has 0 aliphatic heterocycles. The summed E-state index contributed by atoms with van der Waals surface area (Å²) >= 11 is 0. The molecule has 4 amide bonds. The first-order chi connectivity index (χ1) is 67.9. The number of pyridine rings is 4. The van der Waals surface area contributed by atoms with Crippen LogP contribution in [-0.2, 0) is 0 Å². The Kier molecular flexibility index (Phi) is 26.5. The number of amides is 4. The third kappa shape index (κ3) is 20.9. The van der Waals surface area contributed by atoms with Crippen molar-refractivity contribution in [3.8, 4) is 46.0 Å². The lowest BCUT2D eigenvalue weighted by Gasteiger charge is -2.24. The van der Waals surface area contributed by atoms with Crippen molar-refractivity contribution in [3.05, 3.63) is 265 Å². The van der Waals surface area contributed by atoms with Gasteiger partial charge in [0.25, 0.3) is 23.6 Å². The second-order valence-corrected chi connectivity index (χ2v) is 37.8. The first kappa shape index (κ1) is 93.6. The van der Waals surface area contributed by atoms with E-state index < -0.39 is 0 Å². The highest BCUT2D eigenvalue weighted by molar-refractivity contribution is 6.12. The van der Waals surface area contributed by atoms with Crippen LogP contribution in [0.3, 0.4) is 0 Å². The van der Waals surface area contributed by atoms with Crippen molar-refractivity contribution in [3.63, 3.8) is 0 Å². The van der Waals surface area contributed by atoms with Crippen LogP contribution in [-0.4, -0.2) is 185 Å². The third-order valence-corrected chi connectivity index (χ3v) is 27.4.